The molecular formula is C21H17N3O4. The van der Waals surface area contributed by atoms with Gasteiger partial charge in [0.2, 0.25) is 6.79 Å². The van der Waals surface area contributed by atoms with E-state index in [4.69, 9.17) is 9.47 Å². The molecular weight excluding hydrogens is 358 g/mol. The Balaban J connectivity index is 1.69. The van der Waals surface area contributed by atoms with Crippen molar-refractivity contribution in [1.82, 2.24) is 0 Å². The zero-order valence-electron chi connectivity index (χ0n) is 14.9. The molecule has 0 aromatic heterocycles. The van der Waals surface area contributed by atoms with Crippen LogP contribution in [0.3, 0.4) is 0 Å². The number of hydrogen-bond acceptors (Lipinski definition) is 6. The summed E-state index contributed by atoms with van der Waals surface area (Å²) < 4.78 is 10.6. The molecule has 7 nitrogen and oxygen atoms in total. The van der Waals surface area contributed by atoms with Gasteiger partial charge in [-0.05, 0) is 23.8 Å². The summed E-state index contributed by atoms with van der Waals surface area (Å²) in [6.07, 6.45) is 1.48. The SMILES string of the molecule is O=[N+]([O-])c1cc2c(cc1/C=N\N(Cc1ccccc1)c1ccccc1)OCO2. The Kier molecular flexibility index (Phi) is 4.88. The number of hydrazone groups is 1. The fourth-order valence-electron chi connectivity index (χ4n) is 2.90. The van der Waals surface area contributed by atoms with E-state index in [2.05, 4.69) is 5.10 Å². The molecule has 3 aromatic rings. The van der Waals surface area contributed by atoms with Gasteiger partial charge in [-0.3, -0.25) is 15.1 Å². The first-order valence-corrected chi connectivity index (χ1v) is 8.69. The number of hydrogen-bond donors (Lipinski definition) is 0. The van der Waals surface area contributed by atoms with Crippen LogP contribution in [0.5, 0.6) is 11.5 Å². The molecule has 0 fully saturated rings. The van der Waals surface area contributed by atoms with Crippen LogP contribution in [-0.2, 0) is 6.54 Å². The van der Waals surface area contributed by atoms with Gasteiger partial charge in [-0.1, -0.05) is 48.5 Å². The standard InChI is InChI=1S/C21H17N3O4/c25-24(26)19-12-21-20(27-15-28-21)11-17(19)13-22-23(18-9-5-2-6-10-18)14-16-7-3-1-4-8-16/h1-13H,14-15H2/b22-13-. The third-order valence-corrected chi connectivity index (χ3v) is 4.28. The first-order valence-electron chi connectivity index (χ1n) is 8.69. The molecule has 0 saturated heterocycles. The molecule has 0 aliphatic carbocycles. The van der Waals surface area contributed by atoms with Gasteiger partial charge in [0, 0.05) is 0 Å². The molecule has 0 saturated carbocycles. The van der Waals surface area contributed by atoms with Crippen LogP contribution < -0.4 is 14.5 Å². The summed E-state index contributed by atoms with van der Waals surface area (Å²) in [6.45, 7) is 0.580. The second-order valence-electron chi connectivity index (χ2n) is 6.14. The van der Waals surface area contributed by atoms with Gasteiger partial charge in [0.1, 0.15) is 0 Å². The monoisotopic (exact) mass is 375 g/mol. The van der Waals surface area contributed by atoms with E-state index >= 15 is 0 Å². The maximum absolute atomic E-state index is 11.5. The molecule has 0 atom stereocenters. The van der Waals surface area contributed by atoms with Crippen molar-refractivity contribution in [1.29, 1.82) is 0 Å². The van der Waals surface area contributed by atoms with Crippen LogP contribution in [-0.4, -0.2) is 17.9 Å². The minimum atomic E-state index is -0.451. The van der Waals surface area contributed by atoms with Crippen LogP contribution in [0.25, 0.3) is 0 Å². The highest BCUT2D eigenvalue weighted by atomic mass is 16.7. The normalized spacial score (nSPS) is 12.3. The van der Waals surface area contributed by atoms with Gasteiger partial charge in [-0.25, -0.2) is 0 Å². The fraction of sp³-hybridized carbons (Fsp3) is 0.0952. The molecule has 1 aliphatic rings. The highest BCUT2D eigenvalue weighted by Gasteiger charge is 2.22. The number of nitro benzene ring substituents is 1. The molecule has 0 bridgehead atoms. The van der Waals surface area contributed by atoms with E-state index in [0.717, 1.165) is 11.3 Å². The van der Waals surface area contributed by atoms with Crippen molar-refractivity contribution >= 4 is 17.6 Å². The molecule has 7 heteroatoms. The van der Waals surface area contributed by atoms with Crippen molar-refractivity contribution in [3.8, 4) is 11.5 Å². The first-order chi connectivity index (χ1) is 13.7. The summed E-state index contributed by atoms with van der Waals surface area (Å²) in [5, 5.41) is 17.8. The molecule has 0 unspecified atom stereocenters. The molecule has 4 rings (SSSR count). The maximum atomic E-state index is 11.5. The molecule has 1 heterocycles. The number of nitro groups is 1. The number of anilines is 1. The predicted molar refractivity (Wildman–Crippen MR) is 106 cm³/mol. The van der Waals surface area contributed by atoms with E-state index in [-0.39, 0.29) is 12.5 Å². The Hall–Kier alpha value is -3.87. The average Bonchev–Trinajstić information content (AvgIpc) is 3.19. The van der Waals surface area contributed by atoms with E-state index < -0.39 is 4.92 Å². The molecule has 1 aliphatic heterocycles. The van der Waals surface area contributed by atoms with E-state index in [1.165, 1.54) is 12.3 Å². The summed E-state index contributed by atoms with van der Waals surface area (Å²) in [5.74, 6) is 0.842. The second kappa shape index (κ2) is 7.79. The van der Waals surface area contributed by atoms with E-state index in [1.54, 1.807) is 11.1 Å². The molecule has 0 N–H and O–H groups in total. The van der Waals surface area contributed by atoms with E-state index in [9.17, 15) is 10.1 Å². The molecule has 0 radical (unpaired) electrons. The Morgan fingerprint density at radius 3 is 2.32 bits per heavy atom. The van der Waals surface area contributed by atoms with Crippen LogP contribution in [0.4, 0.5) is 11.4 Å². The van der Waals surface area contributed by atoms with E-state index in [0.29, 0.717) is 23.6 Å². The van der Waals surface area contributed by atoms with Crippen LogP contribution in [0.15, 0.2) is 77.9 Å². The molecule has 3 aromatic carbocycles. The Labute approximate surface area is 161 Å². The number of para-hydroxylation sites is 1. The second-order valence-corrected chi connectivity index (χ2v) is 6.14. The lowest BCUT2D eigenvalue weighted by Gasteiger charge is -2.19. The number of ether oxygens (including phenoxy) is 2. The van der Waals surface area contributed by atoms with Crippen molar-refractivity contribution in [2.45, 2.75) is 6.54 Å². The minimum Gasteiger partial charge on any atom is -0.454 e. The topological polar surface area (TPSA) is 77.2 Å². The fourth-order valence-corrected chi connectivity index (χ4v) is 2.90. The highest BCUT2D eigenvalue weighted by Crippen LogP contribution is 2.37. The van der Waals surface area contributed by atoms with Gasteiger partial charge >= 0.3 is 0 Å². The van der Waals surface area contributed by atoms with Gasteiger partial charge in [-0.15, -0.1) is 0 Å². The van der Waals surface area contributed by atoms with Gasteiger partial charge in [0.15, 0.2) is 11.5 Å². The summed E-state index contributed by atoms with van der Waals surface area (Å²) in [7, 11) is 0. The molecule has 140 valence electrons. The number of benzene rings is 3. The maximum Gasteiger partial charge on any atom is 0.282 e. The van der Waals surface area contributed by atoms with Gasteiger partial charge in [-0.2, -0.15) is 5.10 Å². The summed E-state index contributed by atoms with van der Waals surface area (Å²) in [4.78, 5) is 11.0. The smallest absolute Gasteiger partial charge is 0.282 e. The van der Waals surface area contributed by atoms with Crippen molar-refractivity contribution in [3.05, 3.63) is 94.0 Å². The van der Waals surface area contributed by atoms with E-state index in [1.807, 2.05) is 60.7 Å². The zero-order chi connectivity index (χ0) is 19.3. The quantitative estimate of drug-likeness (QED) is 0.363. The van der Waals surface area contributed by atoms with Crippen LogP contribution >= 0.6 is 0 Å². The van der Waals surface area contributed by atoms with Crippen LogP contribution in [0, 0.1) is 10.1 Å². The summed E-state index contributed by atoms with van der Waals surface area (Å²) in [6, 6.07) is 22.5. The number of nitrogens with zero attached hydrogens (tertiary/aromatic N) is 3. The third-order valence-electron chi connectivity index (χ3n) is 4.28. The van der Waals surface area contributed by atoms with Gasteiger partial charge < -0.3 is 9.47 Å². The zero-order valence-corrected chi connectivity index (χ0v) is 14.9. The predicted octanol–water partition coefficient (Wildman–Crippen LogP) is 4.36. The van der Waals surface area contributed by atoms with Crippen molar-refractivity contribution in [3.63, 3.8) is 0 Å². The number of rotatable bonds is 6. The van der Waals surface area contributed by atoms with Crippen molar-refractivity contribution < 1.29 is 14.4 Å². The highest BCUT2D eigenvalue weighted by molar-refractivity contribution is 5.87. The lowest BCUT2D eigenvalue weighted by molar-refractivity contribution is -0.385. The first kappa shape index (κ1) is 17.5. The van der Waals surface area contributed by atoms with Crippen molar-refractivity contribution in [2.75, 3.05) is 11.8 Å². The Morgan fingerprint density at radius 1 is 1.00 bits per heavy atom. The largest absolute Gasteiger partial charge is 0.454 e. The summed E-state index contributed by atoms with van der Waals surface area (Å²) in [5.41, 5.74) is 2.22. The minimum absolute atomic E-state index is 0.0528. The Bertz CT molecular complexity index is 1010. The lowest BCUT2D eigenvalue weighted by atomic mass is 10.1. The molecule has 28 heavy (non-hydrogen) atoms. The van der Waals surface area contributed by atoms with Crippen molar-refractivity contribution in [2.24, 2.45) is 5.10 Å². The Morgan fingerprint density at radius 2 is 1.64 bits per heavy atom. The van der Waals surface area contributed by atoms with Gasteiger partial charge in [0.05, 0.1) is 35.0 Å². The third kappa shape index (κ3) is 3.78. The molecule has 0 amide bonds. The lowest BCUT2D eigenvalue weighted by Crippen LogP contribution is -2.16. The van der Waals surface area contributed by atoms with Gasteiger partial charge in [0.25, 0.3) is 5.69 Å². The van der Waals surface area contributed by atoms with Crippen LogP contribution in [0.2, 0.25) is 0 Å². The van der Waals surface area contributed by atoms with Crippen LogP contribution in [0.1, 0.15) is 11.1 Å². The molecule has 0 spiro atoms. The number of fused-ring (bicyclic) bond motifs is 1. The summed E-state index contributed by atoms with van der Waals surface area (Å²) >= 11 is 0. The average molecular weight is 375 g/mol.